The first kappa shape index (κ1) is 27.2. The number of methoxy groups -OCH3 is 1. The number of rotatable bonds is 8. The van der Waals surface area contributed by atoms with Crippen molar-refractivity contribution in [2.24, 2.45) is 10.9 Å². The minimum Gasteiger partial charge on any atom is -0.468 e. The van der Waals surface area contributed by atoms with Crippen molar-refractivity contribution in [3.63, 3.8) is 0 Å². The van der Waals surface area contributed by atoms with E-state index < -0.39 is 28.7 Å². The van der Waals surface area contributed by atoms with Gasteiger partial charge >= 0.3 is 11.9 Å². The molecule has 1 heterocycles. The van der Waals surface area contributed by atoms with Crippen molar-refractivity contribution in [1.82, 2.24) is 0 Å². The number of carbonyl (C=O) groups excluding carboxylic acids is 2. The van der Waals surface area contributed by atoms with Gasteiger partial charge in [0.25, 0.3) is 5.69 Å². The summed E-state index contributed by atoms with van der Waals surface area (Å²) in [5, 5.41) is 11.5. The second-order valence-electron chi connectivity index (χ2n) is 9.11. The minimum atomic E-state index is -0.947. The van der Waals surface area contributed by atoms with Crippen LogP contribution < -0.4 is 0 Å². The predicted octanol–water partition coefficient (Wildman–Crippen LogP) is 6.00. The van der Waals surface area contributed by atoms with Crippen molar-refractivity contribution in [3.8, 4) is 0 Å². The van der Waals surface area contributed by atoms with Crippen LogP contribution in [0.1, 0.15) is 36.5 Å². The van der Waals surface area contributed by atoms with Crippen LogP contribution in [0.4, 0.5) is 5.69 Å². The molecule has 0 fully saturated rings. The van der Waals surface area contributed by atoms with E-state index in [2.05, 4.69) is 4.99 Å². The smallest absolute Gasteiger partial charge is 0.336 e. The van der Waals surface area contributed by atoms with Crippen LogP contribution in [0.3, 0.4) is 0 Å². The lowest BCUT2D eigenvalue weighted by molar-refractivity contribution is -0.384. The normalized spacial score (nSPS) is 17.3. The van der Waals surface area contributed by atoms with E-state index in [1.807, 2.05) is 66.7 Å². The Morgan fingerprint density at radius 1 is 0.974 bits per heavy atom. The molecule has 0 aromatic heterocycles. The zero-order valence-corrected chi connectivity index (χ0v) is 21.9. The van der Waals surface area contributed by atoms with Crippen LogP contribution in [-0.4, -0.2) is 36.3 Å². The van der Waals surface area contributed by atoms with Gasteiger partial charge in [-0.15, -0.1) is 0 Å². The number of esters is 2. The Morgan fingerprint density at radius 2 is 1.64 bits per heavy atom. The standard InChI is InChI=1S/C31H28N2O6/c1-20-27(30(34)38-3)29(24-15-10-16-26(18-24)33(36)37)28(21(2)32-20)31(35)39-19-25(23-13-8-5-9-14-23)17-22-11-6-4-7-12-22/h4-18,27,29H,19H2,1-3H3. The number of hydrogen-bond donors (Lipinski definition) is 0. The highest BCUT2D eigenvalue weighted by molar-refractivity contribution is 6.07. The third kappa shape index (κ3) is 6.18. The molecule has 4 rings (SSSR count). The zero-order chi connectivity index (χ0) is 27.9. The van der Waals surface area contributed by atoms with E-state index in [1.165, 1.54) is 25.3 Å². The largest absolute Gasteiger partial charge is 0.468 e. The molecule has 0 amide bonds. The lowest BCUT2D eigenvalue weighted by Gasteiger charge is -2.31. The highest BCUT2D eigenvalue weighted by Gasteiger charge is 2.42. The van der Waals surface area contributed by atoms with Gasteiger partial charge in [0.1, 0.15) is 12.5 Å². The van der Waals surface area contributed by atoms with Gasteiger partial charge < -0.3 is 9.47 Å². The summed E-state index contributed by atoms with van der Waals surface area (Å²) in [6.07, 6.45) is 1.95. The second-order valence-corrected chi connectivity index (χ2v) is 9.11. The van der Waals surface area contributed by atoms with Crippen LogP contribution in [0.5, 0.6) is 0 Å². The summed E-state index contributed by atoms with van der Waals surface area (Å²) in [7, 11) is 1.25. The molecule has 8 heteroatoms. The summed E-state index contributed by atoms with van der Waals surface area (Å²) in [6.45, 7) is 3.30. The monoisotopic (exact) mass is 524 g/mol. The van der Waals surface area contributed by atoms with Crippen molar-refractivity contribution in [3.05, 3.63) is 123 Å². The molecule has 0 saturated carbocycles. The van der Waals surface area contributed by atoms with Crippen LogP contribution in [0.15, 0.2) is 101 Å². The second kappa shape index (κ2) is 12.1. The van der Waals surface area contributed by atoms with Crippen molar-refractivity contribution in [2.45, 2.75) is 19.8 Å². The number of nitrogens with zero attached hydrogens (tertiary/aromatic N) is 2. The predicted molar refractivity (Wildman–Crippen MR) is 149 cm³/mol. The van der Waals surface area contributed by atoms with Crippen LogP contribution in [0.25, 0.3) is 11.6 Å². The lowest BCUT2D eigenvalue weighted by atomic mass is 9.75. The zero-order valence-electron chi connectivity index (χ0n) is 21.9. The topological polar surface area (TPSA) is 108 Å². The molecule has 3 aromatic carbocycles. The van der Waals surface area contributed by atoms with E-state index in [0.29, 0.717) is 17.0 Å². The molecular weight excluding hydrogens is 496 g/mol. The molecule has 0 bridgehead atoms. The molecule has 198 valence electrons. The van der Waals surface area contributed by atoms with Gasteiger partial charge in [-0.1, -0.05) is 72.8 Å². The van der Waals surface area contributed by atoms with Gasteiger partial charge in [0.2, 0.25) is 0 Å². The Bertz CT molecular complexity index is 1480. The van der Waals surface area contributed by atoms with E-state index in [0.717, 1.165) is 16.7 Å². The summed E-state index contributed by atoms with van der Waals surface area (Å²) in [6, 6.07) is 25.2. The molecule has 39 heavy (non-hydrogen) atoms. The molecule has 0 N–H and O–H groups in total. The molecule has 0 aliphatic carbocycles. The molecule has 2 unspecified atom stereocenters. The SMILES string of the molecule is COC(=O)C1C(C)=NC(C)=C(C(=O)OCC(=Cc2ccccc2)c2ccccc2)C1c1cccc([N+](=O)[O-])c1. The first-order valence-electron chi connectivity index (χ1n) is 12.4. The number of nitro benzene ring substituents is 1. The highest BCUT2D eigenvalue weighted by Crippen LogP contribution is 2.41. The lowest BCUT2D eigenvalue weighted by Crippen LogP contribution is -2.36. The van der Waals surface area contributed by atoms with Gasteiger partial charge in [-0.25, -0.2) is 4.79 Å². The maximum atomic E-state index is 13.7. The van der Waals surface area contributed by atoms with E-state index in [1.54, 1.807) is 19.9 Å². The number of carbonyl (C=O) groups is 2. The number of aliphatic imine (C=N–C) groups is 1. The first-order valence-corrected chi connectivity index (χ1v) is 12.4. The van der Waals surface area contributed by atoms with E-state index in [-0.39, 0.29) is 17.9 Å². The maximum Gasteiger partial charge on any atom is 0.336 e. The van der Waals surface area contributed by atoms with E-state index in [4.69, 9.17) is 9.47 Å². The van der Waals surface area contributed by atoms with Crippen LogP contribution in [-0.2, 0) is 19.1 Å². The Hall–Kier alpha value is -4.85. The Morgan fingerprint density at radius 3 is 2.28 bits per heavy atom. The van der Waals surface area contributed by atoms with Crippen LogP contribution in [0.2, 0.25) is 0 Å². The van der Waals surface area contributed by atoms with Gasteiger partial charge in [-0.2, -0.15) is 0 Å². The number of hydrogen-bond acceptors (Lipinski definition) is 7. The maximum absolute atomic E-state index is 13.7. The molecule has 1 aliphatic rings. The van der Waals surface area contributed by atoms with Crippen LogP contribution >= 0.6 is 0 Å². The number of allylic oxidation sites excluding steroid dienone is 1. The van der Waals surface area contributed by atoms with E-state index in [9.17, 15) is 19.7 Å². The molecule has 1 aliphatic heterocycles. The number of ether oxygens (including phenoxy) is 2. The highest BCUT2D eigenvalue weighted by atomic mass is 16.6. The van der Waals surface area contributed by atoms with Gasteiger partial charge in [0.15, 0.2) is 0 Å². The Labute approximate surface area is 226 Å². The summed E-state index contributed by atoms with van der Waals surface area (Å²) in [4.78, 5) is 42.0. The quantitative estimate of drug-likeness (QED) is 0.155. The fraction of sp³-hybridized carbons (Fsp3) is 0.194. The minimum absolute atomic E-state index is 0.0399. The third-order valence-electron chi connectivity index (χ3n) is 6.59. The van der Waals surface area contributed by atoms with Crippen LogP contribution in [0, 0.1) is 16.0 Å². The summed E-state index contributed by atoms with van der Waals surface area (Å²) >= 11 is 0. The molecule has 0 radical (unpaired) electrons. The number of non-ortho nitro benzene ring substituents is 1. The molecule has 0 saturated heterocycles. The summed E-state index contributed by atoms with van der Waals surface area (Å²) in [5.41, 5.74) is 3.86. The van der Waals surface area contributed by atoms with Crippen molar-refractivity contribution in [2.75, 3.05) is 13.7 Å². The molecular formula is C31H28N2O6. The fourth-order valence-corrected chi connectivity index (χ4v) is 4.76. The Kier molecular flexibility index (Phi) is 8.46. The third-order valence-corrected chi connectivity index (χ3v) is 6.59. The first-order chi connectivity index (χ1) is 18.8. The number of benzene rings is 3. The number of nitro groups is 1. The fourth-order valence-electron chi connectivity index (χ4n) is 4.76. The van der Waals surface area contributed by atoms with Gasteiger partial charge in [-0.3, -0.25) is 19.9 Å². The Balaban J connectivity index is 1.73. The van der Waals surface area contributed by atoms with Gasteiger partial charge in [-0.05, 0) is 42.2 Å². The van der Waals surface area contributed by atoms with Gasteiger partial charge in [0.05, 0.1) is 17.6 Å². The van der Waals surface area contributed by atoms with Crippen molar-refractivity contribution in [1.29, 1.82) is 0 Å². The van der Waals surface area contributed by atoms with Gasteiger partial charge in [0, 0.05) is 29.5 Å². The molecule has 0 spiro atoms. The van der Waals surface area contributed by atoms with Crippen molar-refractivity contribution >= 4 is 35.0 Å². The molecule has 2 atom stereocenters. The summed E-state index contributed by atoms with van der Waals surface area (Å²) < 4.78 is 10.9. The molecule has 8 nitrogen and oxygen atoms in total. The average molecular weight is 525 g/mol. The van der Waals surface area contributed by atoms with E-state index >= 15 is 0 Å². The average Bonchev–Trinajstić information content (AvgIpc) is 2.95. The molecule has 3 aromatic rings. The summed E-state index contributed by atoms with van der Waals surface area (Å²) in [5.74, 6) is -3.08. The van der Waals surface area contributed by atoms with Crippen molar-refractivity contribution < 1.29 is 24.0 Å².